The van der Waals surface area contributed by atoms with Crippen molar-refractivity contribution in [1.29, 1.82) is 0 Å². The standard InChI is InChI=1S/C18H20ClNO5S/c1-4-25-14-7-5-13(6-8-14)12-20(2)26(22,23)15-9-10-17(19)16(11-15)18(21)24-3/h5-11H,4,12H2,1-3H3. The Labute approximate surface area is 158 Å². The van der Waals surface area contributed by atoms with Crippen molar-refractivity contribution in [3.8, 4) is 5.75 Å². The van der Waals surface area contributed by atoms with Gasteiger partial charge < -0.3 is 9.47 Å². The normalized spacial score (nSPS) is 11.4. The molecule has 2 rings (SSSR count). The number of rotatable bonds is 7. The molecule has 0 aliphatic rings. The Morgan fingerprint density at radius 1 is 1.15 bits per heavy atom. The third-order valence-electron chi connectivity index (χ3n) is 3.69. The van der Waals surface area contributed by atoms with E-state index in [1.165, 1.54) is 36.7 Å². The number of hydrogen-bond acceptors (Lipinski definition) is 5. The summed E-state index contributed by atoms with van der Waals surface area (Å²) in [5.74, 6) is 0.0309. The van der Waals surface area contributed by atoms with E-state index in [0.29, 0.717) is 6.61 Å². The van der Waals surface area contributed by atoms with Gasteiger partial charge in [0.2, 0.25) is 10.0 Å². The molecule has 0 aliphatic heterocycles. The lowest BCUT2D eigenvalue weighted by atomic mass is 10.2. The van der Waals surface area contributed by atoms with Crippen LogP contribution in [-0.4, -0.2) is 39.5 Å². The summed E-state index contributed by atoms with van der Waals surface area (Å²) in [6.07, 6.45) is 0. The third-order valence-corrected chi connectivity index (χ3v) is 5.82. The SMILES string of the molecule is CCOc1ccc(CN(C)S(=O)(=O)c2ccc(Cl)c(C(=O)OC)c2)cc1. The van der Waals surface area contributed by atoms with Crippen molar-refractivity contribution in [2.75, 3.05) is 20.8 Å². The first-order valence-electron chi connectivity index (χ1n) is 7.85. The van der Waals surface area contributed by atoms with Gasteiger partial charge in [-0.2, -0.15) is 4.31 Å². The monoisotopic (exact) mass is 397 g/mol. The van der Waals surface area contributed by atoms with E-state index in [1.807, 2.05) is 6.92 Å². The molecule has 0 saturated heterocycles. The van der Waals surface area contributed by atoms with Crippen molar-refractivity contribution in [3.63, 3.8) is 0 Å². The van der Waals surface area contributed by atoms with Gasteiger partial charge in [-0.3, -0.25) is 0 Å². The van der Waals surface area contributed by atoms with Crippen LogP contribution in [0.2, 0.25) is 5.02 Å². The van der Waals surface area contributed by atoms with Crippen LogP contribution in [0.15, 0.2) is 47.4 Å². The average Bonchev–Trinajstić information content (AvgIpc) is 2.63. The highest BCUT2D eigenvalue weighted by Gasteiger charge is 2.23. The third kappa shape index (κ3) is 4.55. The molecule has 0 aromatic heterocycles. The zero-order chi connectivity index (χ0) is 19.3. The smallest absolute Gasteiger partial charge is 0.339 e. The topological polar surface area (TPSA) is 72.9 Å². The van der Waals surface area contributed by atoms with Gasteiger partial charge in [0.1, 0.15) is 5.75 Å². The number of methoxy groups -OCH3 is 1. The number of sulfonamides is 1. The summed E-state index contributed by atoms with van der Waals surface area (Å²) >= 11 is 5.95. The molecule has 0 fully saturated rings. The molecule has 0 spiro atoms. The number of benzene rings is 2. The molecule has 2 aromatic rings. The van der Waals surface area contributed by atoms with Crippen LogP contribution in [0.25, 0.3) is 0 Å². The van der Waals surface area contributed by atoms with E-state index in [2.05, 4.69) is 4.74 Å². The van der Waals surface area contributed by atoms with E-state index >= 15 is 0 Å². The predicted molar refractivity (Wildman–Crippen MR) is 99.1 cm³/mol. The first-order chi connectivity index (χ1) is 12.3. The van der Waals surface area contributed by atoms with Gasteiger partial charge in [0.25, 0.3) is 0 Å². The number of carbonyl (C=O) groups excluding carboxylic acids is 1. The van der Waals surface area contributed by atoms with Gasteiger partial charge in [-0.25, -0.2) is 13.2 Å². The van der Waals surface area contributed by atoms with Gasteiger partial charge in [0.05, 0.1) is 29.2 Å². The lowest BCUT2D eigenvalue weighted by Gasteiger charge is -2.18. The Balaban J connectivity index is 2.24. The number of ether oxygens (including phenoxy) is 2. The molecule has 0 amide bonds. The highest BCUT2D eigenvalue weighted by atomic mass is 35.5. The minimum absolute atomic E-state index is 0.00436. The number of esters is 1. The summed E-state index contributed by atoms with van der Waals surface area (Å²) in [6.45, 7) is 2.63. The fourth-order valence-corrected chi connectivity index (χ4v) is 3.69. The van der Waals surface area contributed by atoms with Crippen LogP contribution in [-0.2, 0) is 21.3 Å². The number of nitrogens with zero attached hydrogens (tertiary/aromatic N) is 1. The quantitative estimate of drug-likeness (QED) is 0.670. The van der Waals surface area contributed by atoms with Crippen LogP contribution in [0.3, 0.4) is 0 Å². The van der Waals surface area contributed by atoms with Crippen LogP contribution >= 0.6 is 11.6 Å². The number of halogens is 1. The van der Waals surface area contributed by atoms with Crippen molar-refractivity contribution in [1.82, 2.24) is 4.31 Å². The fraction of sp³-hybridized carbons (Fsp3) is 0.278. The molecule has 0 saturated carbocycles. The largest absolute Gasteiger partial charge is 0.494 e. The van der Waals surface area contributed by atoms with Crippen molar-refractivity contribution < 1.29 is 22.7 Å². The summed E-state index contributed by atoms with van der Waals surface area (Å²) in [4.78, 5) is 11.7. The maximum atomic E-state index is 12.8. The summed E-state index contributed by atoms with van der Waals surface area (Å²) in [7, 11) is -1.13. The van der Waals surface area contributed by atoms with Gasteiger partial charge in [0, 0.05) is 13.6 Å². The van der Waals surface area contributed by atoms with Crippen molar-refractivity contribution in [2.45, 2.75) is 18.4 Å². The second kappa shape index (κ2) is 8.53. The molecule has 140 valence electrons. The number of hydrogen-bond donors (Lipinski definition) is 0. The van der Waals surface area contributed by atoms with Gasteiger partial charge in [-0.15, -0.1) is 0 Å². The molecule has 0 radical (unpaired) electrons. The minimum atomic E-state index is -3.80. The van der Waals surface area contributed by atoms with Gasteiger partial charge >= 0.3 is 5.97 Å². The summed E-state index contributed by atoms with van der Waals surface area (Å²) in [5.41, 5.74) is 0.811. The molecule has 0 bridgehead atoms. The highest BCUT2D eigenvalue weighted by molar-refractivity contribution is 7.89. The average molecular weight is 398 g/mol. The van der Waals surface area contributed by atoms with E-state index in [1.54, 1.807) is 24.3 Å². The van der Waals surface area contributed by atoms with Gasteiger partial charge in [0.15, 0.2) is 0 Å². The summed E-state index contributed by atoms with van der Waals surface area (Å²) in [6, 6.07) is 11.1. The van der Waals surface area contributed by atoms with Crippen LogP contribution < -0.4 is 4.74 Å². The van der Waals surface area contributed by atoms with Crippen LogP contribution in [0.5, 0.6) is 5.75 Å². The Morgan fingerprint density at radius 2 is 1.81 bits per heavy atom. The molecular weight excluding hydrogens is 378 g/mol. The minimum Gasteiger partial charge on any atom is -0.494 e. The van der Waals surface area contributed by atoms with Crippen LogP contribution in [0, 0.1) is 0 Å². The van der Waals surface area contributed by atoms with Crippen LogP contribution in [0.1, 0.15) is 22.8 Å². The van der Waals surface area contributed by atoms with Crippen molar-refractivity contribution >= 4 is 27.6 Å². The molecule has 6 nitrogen and oxygen atoms in total. The zero-order valence-corrected chi connectivity index (χ0v) is 16.3. The summed E-state index contributed by atoms with van der Waals surface area (Å²) in [5, 5.41) is 0.130. The van der Waals surface area contributed by atoms with Gasteiger partial charge in [-0.05, 0) is 42.8 Å². The predicted octanol–water partition coefficient (Wildman–Crippen LogP) is 3.35. The van der Waals surface area contributed by atoms with E-state index in [0.717, 1.165) is 11.3 Å². The molecule has 26 heavy (non-hydrogen) atoms. The molecule has 0 aliphatic carbocycles. The Kier molecular flexibility index (Phi) is 6.63. The molecule has 8 heteroatoms. The van der Waals surface area contributed by atoms with E-state index in [9.17, 15) is 13.2 Å². The highest BCUT2D eigenvalue weighted by Crippen LogP contribution is 2.24. The second-order valence-electron chi connectivity index (χ2n) is 5.47. The first kappa shape index (κ1) is 20.2. The lowest BCUT2D eigenvalue weighted by molar-refractivity contribution is 0.0600. The fourth-order valence-electron chi connectivity index (χ4n) is 2.31. The molecule has 0 atom stereocenters. The molecule has 0 unspecified atom stereocenters. The van der Waals surface area contributed by atoms with E-state index in [4.69, 9.17) is 16.3 Å². The summed E-state index contributed by atoms with van der Waals surface area (Å²) < 4.78 is 36.8. The lowest BCUT2D eigenvalue weighted by Crippen LogP contribution is -2.26. The first-order valence-corrected chi connectivity index (χ1v) is 9.67. The van der Waals surface area contributed by atoms with Gasteiger partial charge in [-0.1, -0.05) is 23.7 Å². The maximum Gasteiger partial charge on any atom is 0.339 e. The Morgan fingerprint density at radius 3 is 2.38 bits per heavy atom. The van der Waals surface area contributed by atoms with Crippen LogP contribution in [0.4, 0.5) is 0 Å². The second-order valence-corrected chi connectivity index (χ2v) is 7.92. The zero-order valence-electron chi connectivity index (χ0n) is 14.7. The molecular formula is C18H20ClNO5S. The van der Waals surface area contributed by atoms with Crippen molar-refractivity contribution in [3.05, 3.63) is 58.6 Å². The maximum absolute atomic E-state index is 12.8. The van der Waals surface area contributed by atoms with E-state index < -0.39 is 16.0 Å². The molecule has 0 N–H and O–H groups in total. The molecule has 0 heterocycles. The van der Waals surface area contributed by atoms with Crippen molar-refractivity contribution in [2.24, 2.45) is 0 Å². The Hall–Kier alpha value is -2.09. The molecule has 2 aromatic carbocycles. The Bertz CT molecular complexity index is 881. The van der Waals surface area contributed by atoms with E-state index in [-0.39, 0.29) is 22.0 Å². The number of carbonyl (C=O) groups is 1.